The summed E-state index contributed by atoms with van der Waals surface area (Å²) in [5.41, 5.74) is 0.125. The smallest absolute Gasteiger partial charge is 0.377 e. The summed E-state index contributed by atoms with van der Waals surface area (Å²) in [5.74, 6) is -1.28. The fourth-order valence-corrected chi connectivity index (χ4v) is 6.47. The highest BCUT2D eigenvalue weighted by molar-refractivity contribution is 6.35. The van der Waals surface area contributed by atoms with Crippen molar-refractivity contribution in [2.75, 3.05) is 62.7 Å². The minimum atomic E-state index is -4.60. The number of rotatable bonds is 6. The molecule has 0 bridgehead atoms. The molecule has 1 N–H and O–H groups in total. The predicted octanol–water partition coefficient (Wildman–Crippen LogP) is 2.84. The number of hydrogen-bond acceptors (Lipinski definition) is 8. The number of hydrogen-bond donors (Lipinski definition) is 1. The number of benzene rings is 1. The SMILES string of the molecule is CCc1c(N2CCN(C(=O)C(=O)N3CCCC3)CC2)c(=O)n2nc(C3=CCOCC3)nc2n1CC(=O)Nc1ccc(C(F)(F)F)cc1Cl. The van der Waals surface area contributed by atoms with Gasteiger partial charge in [-0.15, -0.1) is 5.10 Å². The molecule has 17 heteroatoms. The third-order valence-corrected chi connectivity index (χ3v) is 9.06. The summed E-state index contributed by atoms with van der Waals surface area (Å²) in [5, 5.41) is 6.81. The van der Waals surface area contributed by atoms with Gasteiger partial charge in [0, 0.05) is 39.3 Å². The van der Waals surface area contributed by atoms with Crippen molar-refractivity contribution in [1.29, 1.82) is 0 Å². The highest BCUT2D eigenvalue weighted by Gasteiger charge is 2.34. The number of alkyl halides is 3. The molecule has 3 aliphatic rings. The van der Waals surface area contributed by atoms with Crippen LogP contribution in [0.5, 0.6) is 0 Å². The van der Waals surface area contributed by atoms with Gasteiger partial charge in [0.05, 0.1) is 35.2 Å². The van der Waals surface area contributed by atoms with Crippen LogP contribution in [0.25, 0.3) is 11.4 Å². The first-order chi connectivity index (χ1) is 23.0. The Kier molecular flexibility index (Phi) is 9.47. The zero-order valence-corrected chi connectivity index (χ0v) is 26.9. The van der Waals surface area contributed by atoms with E-state index in [2.05, 4.69) is 15.4 Å². The molecular formula is C31H34ClF3N8O5. The first kappa shape index (κ1) is 33.5. The summed E-state index contributed by atoms with van der Waals surface area (Å²) in [6.45, 7) is 4.33. The molecule has 0 saturated carbocycles. The molecule has 13 nitrogen and oxygen atoms in total. The maximum Gasteiger partial charge on any atom is 0.416 e. The van der Waals surface area contributed by atoms with E-state index in [1.165, 1.54) is 4.90 Å². The summed E-state index contributed by atoms with van der Waals surface area (Å²) < 4.78 is 47.6. The van der Waals surface area contributed by atoms with Crippen LogP contribution in [-0.2, 0) is 38.3 Å². The van der Waals surface area contributed by atoms with Gasteiger partial charge >= 0.3 is 18.0 Å². The minimum absolute atomic E-state index is 0.0104. The number of piperazine rings is 1. The standard InChI is InChI=1S/C31H34ClF3N8O5/c1-2-23-25(39-11-13-41(14-12-39)29(47)28(46)40-9-3-4-10-40)27(45)43-30(37-26(38-43)19-7-15-48-16-8-19)42(23)18-24(44)36-22-6-5-20(17-21(22)32)31(33,34)35/h5-7,17H,2-4,8-16,18H2,1H3,(H,36,44). The normalized spacial score (nSPS) is 17.2. The quantitative estimate of drug-likeness (QED) is 0.391. The average Bonchev–Trinajstić information content (AvgIpc) is 3.78. The molecule has 3 aliphatic heterocycles. The van der Waals surface area contributed by atoms with Gasteiger partial charge in [-0.3, -0.25) is 19.2 Å². The second-order valence-electron chi connectivity index (χ2n) is 11.8. The van der Waals surface area contributed by atoms with E-state index in [9.17, 15) is 32.3 Å². The lowest BCUT2D eigenvalue weighted by Crippen LogP contribution is -2.54. The Morgan fingerprint density at radius 3 is 2.31 bits per heavy atom. The molecule has 6 rings (SSSR count). The number of nitrogens with zero attached hydrogens (tertiary/aromatic N) is 7. The van der Waals surface area contributed by atoms with Crippen LogP contribution in [0.4, 0.5) is 24.5 Å². The Labute approximate surface area is 277 Å². The molecule has 0 spiro atoms. The summed E-state index contributed by atoms with van der Waals surface area (Å²) in [4.78, 5) is 62.8. The molecule has 2 aromatic heterocycles. The maximum absolute atomic E-state index is 14.1. The van der Waals surface area contributed by atoms with Crippen molar-refractivity contribution < 1.29 is 32.3 Å². The molecule has 3 amide bonds. The van der Waals surface area contributed by atoms with E-state index in [-0.39, 0.29) is 54.9 Å². The highest BCUT2D eigenvalue weighted by Crippen LogP contribution is 2.34. The van der Waals surface area contributed by atoms with Crippen molar-refractivity contribution in [2.24, 2.45) is 0 Å². The molecule has 0 unspecified atom stereocenters. The Balaban J connectivity index is 1.32. The van der Waals surface area contributed by atoms with Gasteiger partial charge in [0.2, 0.25) is 11.7 Å². The lowest BCUT2D eigenvalue weighted by Gasteiger charge is -2.37. The number of fused-ring (bicyclic) bond motifs is 1. The van der Waals surface area contributed by atoms with Crippen LogP contribution >= 0.6 is 11.6 Å². The van der Waals surface area contributed by atoms with Gasteiger partial charge in [0.15, 0.2) is 5.82 Å². The van der Waals surface area contributed by atoms with Crippen molar-refractivity contribution >= 4 is 52.0 Å². The number of halogens is 4. The lowest BCUT2D eigenvalue weighted by molar-refractivity contribution is -0.151. The summed E-state index contributed by atoms with van der Waals surface area (Å²) in [7, 11) is 0. The van der Waals surface area contributed by atoms with E-state index >= 15 is 0 Å². The Morgan fingerprint density at radius 1 is 1.02 bits per heavy atom. The maximum atomic E-state index is 14.1. The number of likely N-dealkylation sites (tertiary alicyclic amines) is 1. The molecule has 256 valence electrons. The molecule has 0 aliphatic carbocycles. The van der Waals surface area contributed by atoms with Gasteiger partial charge in [0.1, 0.15) is 12.2 Å². The zero-order chi connectivity index (χ0) is 34.2. The van der Waals surface area contributed by atoms with Crippen LogP contribution in [-0.4, -0.2) is 99.2 Å². The van der Waals surface area contributed by atoms with E-state index in [0.29, 0.717) is 50.7 Å². The number of carbonyl (C=O) groups excluding carboxylic acids is 3. The Bertz CT molecular complexity index is 1840. The van der Waals surface area contributed by atoms with Gasteiger partial charge in [0.25, 0.3) is 5.56 Å². The molecule has 48 heavy (non-hydrogen) atoms. The Morgan fingerprint density at radius 2 is 1.71 bits per heavy atom. The van der Waals surface area contributed by atoms with Crippen LogP contribution in [0.1, 0.15) is 43.3 Å². The fourth-order valence-electron chi connectivity index (χ4n) is 6.25. The van der Waals surface area contributed by atoms with E-state index < -0.39 is 35.0 Å². The summed E-state index contributed by atoms with van der Waals surface area (Å²) >= 11 is 6.10. The molecule has 3 aromatic rings. The number of nitrogens with one attached hydrogen (secondary N) is 1. The van der Waals surface area contributed by atoms with Crippen LogP contribution < -0.4 is 15.8 Å². The lowest BCUT2D eigenvalue weighted by atomic mass is 10.1. The molecular weight excluding hydrogens is 657 g/mol. The van der Waals surface area contributed by atoms with Gasteiger partial charge in [-0.25, -0.2) is 0 Å². The molecule has 2 saturated heterocycles. The van der Waals surface area contributed by atoms with Crippen molar-refractivity contribution in [1.82, 2.24) is 29.0 Å². The van der Waals surface area contributed by atoms with Gasteiger partial charge in [-0.1, -0.05) is 24.6 Å². The second kappa shape index (κ2) is 13.6. The van der Waals surface area contributed by atoms with Crippen LogP contribution in [0, 0.1) is 0 Å². The number of aromatic nitrogens is 4. The van der Waals surface area contributed by atoms with Gasteiger partial charge in [-0.05, 0) is 49.5 Å². The summed E-state index contributed by atoms with van der Waals surface area (Å²) in [6.07, 6.45) is -0.211. The zero-order valence-electron chi connectivity index (χ0n) is 26.2. The number of anilines is 2. The van der Waals surface area contributed by atoms with Crippen molar-refractivity contribution in [3.63, 3.8) is 0 Å². The van der Waals surface area contributed by atoms with Crippen molar-refractivity contribution in [3.05, 3.63) is 56.7 Å². The topological polar surface area (TPSA) is 134 Å². The molecule has 0 radical (unpaired) electrons. The minimum Gasteiger partial charge on any atom is -0.377 e. The molecule has 5 heterocycles. The number of carbonyl (C=O) groups is 3. The van der Waals surface area contributed by atoms with Crippen LogP contribution in [0.3, 0.4) is 0 Å². The fraction of sp³-hybridized carbons (Fsp3) is 0.484. The number of amides is 3. The molecule has 2 fully saturated rings. The van der Waals surface area contributed by atoms with Crippen molar-refractivity contribution in [3.8, 4) is 0 Å². The van der Waals surface area contributed by atoms with Gasteiger partial charge in [-0.2, -0.15) is 22.7 Å². The summed E-state index contributed by atoms with van der Waals surface area (Å²) in [6, 6.07) is 2.64. The first-order valence-electron chi connectivity index (χ1n) is 15.8. The van der Waals surface area contributed by atoms with E-state index in [1.807, 2.05) is 17.9 Å². The third-order valence-electron chi connectivity index (χ3n) is 8.74. The second-order valence-corrected chi connectivity index (χ2v) is 12.2. The average molecular weight is 691 g/mol. The van der Waals surface area contributed by atoms with E-state index in [0.717, 1.165) is 41.1 Å². The largest absolute Gasteiger partial charge is 0.416 e. The third kappa shape index (κ3) is 6.63. The first-order valence-corrected chi connectivity index (χ1v) is 16.1. The van der Waals surface area contributed by atoms with E-state index in [4.69, 9.17) is 16.3 Å². The molecule has 0 atom stereocenters. The van der Waals surface area contributed by atoms with Crippen molar-refractivity contribution in [2.45, 2.75) is 45.3 Å². The van der Waals surface area contributed by atoms with Crippen LogP contribution in [0.15, 0.2) is 29.1 Å². The van der Waals surface area contributed by atoms with E-state index in [1.54, 1.807) is 9.47 Å². The monoisotopic (exact) mass is 690 g/mol. The highest BCUT2D eigenvalue weighted by atomic mass is 35.5. The number of ether oxygens (including phenoxy) is 1. The Hall–Kier alpha value is -4.44. The van der Waals surface area contributed by atoms with Gasteiger partial charge < -0.3 is 29.3 Å². The van der Waals surface area contributed by atoms with Crippen LogP contribution in [0.2, 0.25) is 5.02 Å². The molecule has 1 aromatic carbocycles. The predicted molar refractivity (Wildman–Crippen MR) is 170 cm³/mol.